The highest BCUT2D eigenvalue weighted by atomic mass is 16.2. The summed E-state index contributed by atoms with van der Waals surface area (Å²) >= 11 is 0. The summed E-state index contributed by atoms with van der Waals surface area (Å²) < 4.78 is 0. The standard InChI is InChI=1S/C19H25N5O/c1-14(15-7-3-2-4-8-15)22-19-21-13-16(17(23-19)9-10-20)18(25)24-11-5-6-12-24/h2-4,7-8,13-14H,5-6,9-12,20H2,1H3,(H,21,22,23)/t14-/m1/s1. The molecule has 0 spiro atoms. The van der Waals surface area contributed by atoms with Crippen molar-refractivity contribution in [3.63, 3.8) is 0 Å². The van der Waals surface area contributed by atoms with Gasteiger partial charge in [0.1, 0.15) is 0 Å². The van der Waals surface area contributed by atoms with Gasteiger partial charge in [-0.1, -0.05) is 30.3 Å². The van der Waals surface area contributed by atoms with Gasteiger partial charge in [0, 0.05) is 25.7 Å². The predicted octanol–water partition coefficient (Wildman–Crippen LogP) is 2.39. The van der Waals surface area contributed by atoms with E-state index in [0.717, 1.165) is 37.2 Å². The molecular weight excluding hydrogens is 314 g/mol. The molecule has 1 saturated heterocycles. The molecule has 1 aliphatic heterocycles. The summed E-state index contributed by atoms with van der Waals surface area (Å²) in [6, 6.07) is 10.2. The van der Waals surface area contributed by atoms with Gasteiger partial charge in [-0.25, -0.2) is 9.97 Å². The number of anilines is 1. The van der Waals surface area contributed by atoms with Crippen LogP contribution in [0.25, 0.3) is 0 Å². The monoisotopic (exact) mass is 339 g/mol. The molecule has 6 nitrogen and oxygen atoms in total. The van der Waals surface area contributed by atoms with E-state index in [-0.39, 0.29) is 11.9 Å². The highest BCUT2D eigenvalue weighted by molar-refractivity contribution is 5.95. The lowest BCUT2D eigenvalue weighted by Gasteiger charge is -2.18. The third-order valence-corrected chi connectivity index (χ3v) is 4.52. The number of amides is 1. The second-order valence-electron chi connectivity index (χ2n) is 6.37. The Balaban J connectivity index is 1.79. The summed E-state index contributed by atoms with van der Waals surface area (Å²) in [5, 5.41) is 3.30. The number of carbonyl (C=O) groups excluding carboxylic acids is 1. The van der Waals surface area contributed by atoms with E-state index in [2.05, 4.69) is 34.3 Å². The fourth-order valence-electron chi connectivity index (χ4n) is 3.10. The van der Waals surface area contributed by atoms with Crippen LogP contribution in [0.1, 0.15) is 47.4 Å². The molecular formula is C19H25N5O. The Kier molecular flexibility index (Phi) is 5.60. The van der Waals surface area contributed by atoms with Crippen LogP contribution in [0.15, 0.2) is 36.5 Å². The van der Waals surface area contributed by atoms with Crippen molar-refractivity contribution < 1.29 is 4.79 Å². The normalized spacial score (nSPS) is 15.2. The summed E-state index contributed by atoms with van der Waals surface area (Å²) in [5.41, 5.74) is 8.17. The number of hydrogen-bond donors (Lipinski definition) is 2. The minimum Gasteiger partial charge on any atom is -0.348 e. The molecule has 25 heavy (non-hydrogen) atoms. The second kappa shape index (κ2) is 8.07. The van der Waals surface area contributed by atoms with Crippen LogP contribution in [0.4, 0.5) is 5.95 Å². The molecule has 1 fully saturated rings. The van der Waals surface area contributed by atoms with Crippen molar-refractivity contribution in [2.45, 2.75) is 32.2 Å². The molecule has 0 saturated carbocycles. The smallest absolute Gasteiger partial charge is 0.257 e. The average molecular weight is 339 g/mol. The molecule has 0 aliphatic carbocycles. The average Bonchev–Trinajstić information content (AvgIpc) is 3.17. The van der Waals surface area contributed by atoms with E-state index in [0.29, 0.717) is 24.5 Å². The molecule has 1 aliphatic rings. The summed E-state index contributed by atoms with van der Waals surface area (Å²) in [7, 11) is 0. The summed E-state index contributed by atoms with van der Waals surface area (Å²) in [5.74, 6) is 0.543. The highest BCUT2D eigenvalue weighted by Gasteiger charge is 2.23. The molecule has 132 valence electrons. The number of aromatic nitrogens is 2. The first-order valence-electron chi connectivity index (χ1n) is 8.86. The number of nitrogens with two attached hydrogens (primary N) is 1. The van der Waals surface area contributed by atoms with Crippen molar-refractivity contribution in [2.75, 3.05) is 25.0 Å². The van der Waals surface area contributed by atoms with Crippen molar-refractivity contribution in [1.29, 1.82) is 0 Å². The zero-order valence-corrected chi connectivity index (χ0v) is 14.6. The van der Waals surface area contributed by atoms with Gasteiger partial charge in [0.15, 0.2) is 0 Å². The molecule has 2 aromatic rings. The Labute approximate surface area is 148 Å². The van der Waals surface area contributed by atoms with E-state index in [4.69, 9.17) is 5.73 Å². The Morgan fingerprint density at radius 3 is 2.68 bits per heavy atom. The lowest BCUT2D eigenvalue weighted by Crippen LogP contribution is -2.29. The summed E-state index contributed by atoms with van der Waals surface area (Å²) in [4.78, 5) is 23.5. The molecule has 0 radical (unpaired) electrons. The van der Waals surface area contributed by atoms with Gasteiger partial charge < -0.3 is 16.0 Å². The minimum atomic E-state index is 0.0172. The van der Waals surface area contributed by atoms with Crippen LogP contribution < -0.4 is 11.1 Å². The van der Waals surface area contributed by atoms with Gasteiger partial charge in [0.2, 0.25) is 5.95 Å². The van der Waals surface area contributed by atoms with Crippen molar-refractivity contribution >= 4 is 11.9 Å². The van der Waals surface area contributed by atoms with Crippen molar-refractivity contribution in [3.05, 3.63) is 53.3 Å². The van der Waals surface area contributed by atoms with Crippen LogP contribution >= 0.6 is 0 Å². The van der Waals surface area contributed by atoms with E-state index >= 15 is 0 Å². The molecule has 1 atom stereocenters. The maximum atomic E-state index is 12.7. The topological polar surface area (TPSA) is 84.1 Å². The summed E-state index contributed by atoms with van der Waals surface area (Å²) in [6.07, 6.45) is 4.32. The lowest BCUT2D eigenvalue weighted by atomic mass is 10.1. The number of benzene rings is 1. The fourth-order valence-corrected chi connectivity index (χ4v) is 3.10. The van der Waals surface area contributed by atoms with Crippen LogP contribution in [0, 0.1) is 0 Å². The van der Waals surface area contributed by atoms with Gasteiger partial charge in [0.05, 0.1) is 17.3 Å². The quantitative estimate of drug-likeness (QED) is 0.844. The van der Waals surface area contributed by atoms with Crippen molar-refractivity contribution in [2.24, 2.45) is 5.73 Å². The van der Waals surface area contributed by atoms with Crippen molar-refractivity contribution in [1.82, 2.24) is 14.9 Å². The van der Waals surface area contributed by atoms with Crippen LogP contribution in [0.5, 0.6) is 0 Å². The molecule has 2 heterocycles. The molecule has 0 bridgehead atoms. The van der Waals surface area contributed by atoms with E-state index in [1.54, 1.807) is 6.20 Å². The number of nitrogens with zero attached hydrogens (tertiary/aromatic N) is 3. The van der Waals surface area contributed by atoms with Gasteiger partial charge in [0.25, 0.3) is 5.91 Å². The van der Waals surface area contributed by atoms with Crippen LogP contribution in [0.2, 0.25) is 0 Å². The number of carbonyl (C=O) groups is 1. The Morgan fingerprint density at radius 1 is 1.28 bits per heavy atom. The fraction of sp³-hybridized carbons (Fsp3) is 0.421. The third-order valence-electron chi connectivity index (χ3n) is 4.52. The highest BCUT2D eigenvalue weighted by Crippen LogP contribution is 2.19. The third kappa shape index (κ3) is 4.14. The van der Waals surface area contributed by atoms with Gasteiger partial charge >= 0.3 is 0 Å². The van der Waals surface area contributed by atoms with Crippen LogP contribution in [-0.4, -0.2) is 40.4 Å². The second-order valence-corrected chi connectivity index (χ2v) is 6.37. The van der Waals surface area contributed by atoms with Gasteiger partial charge in [-0.05, 0) is 31.9 Å². The van der Waals surface area contributed by atoms with Gasteiger partial charge in [-0.15, -0.1) is 0 Å². The first kappa shape index (κ1) is 17.4. The van der Waals surface area contributed by atoms with E-state index < -0.39 is 0 Å². The first-order valence-corrected chi connectivity index (χ1v) is 8.86. The van der Waals surface area contributed by atoms with E-state index in [1.165, 1.54) is 0 Å². The number of likely N-dealkylation sites (tertiary alicyclic amines) is 1. The maximum absolute atomic E-state index is 12.7. The van der Waals surface area contributed by atoms with Gasteiger partial charge in [-0.2, -0.15) is 0 Å². The molecule has 1 aromatic heterocycles. The SMILES string of the molecule is C[C@@H](Nc1ncc(C(=O)N2CCCC2)c(CCN)n1)c1ccccc1. The number of nitrogens with one attached hydrogen (secondary N) is 1. The molecule has 1 amide bonds. The van der Waals surface area contributed by atoms with Crippen LogP contribution in [-0.2, 0) is 6.42 Å². The largest absolute Gasteiger partial charge is 0.348 e. The molecule has 3 N–H and O–H groups in total. The molecule has 1 aromatic carbocycles. The van der Waals surface area contributed by atoms with E-state index in [9.17, 15) is 4.79 Å². The Morgan fingerprint density at radius 2 is 2.00 bits per heavy atom. The van der Waals surface area contributed by atoms with Gasteiger partial charge in [-0.3, -0.25) is 4.79 Å². The number of hydrogen-bond acceptors (Lipinski definition) is 5. The molecule has 6 heteroatoms. The maximum Gasteiger partial charge on any atom is 0.257 e. The van der Waals surface area contributed by atoms with E-state index in [1.807, 2.05) is 23.1 Å². The predicted molar refractivity (Wildman–Crippen MR) is 98.4 cm³/mol. The van der Waals surface area contributed by atoms with Crippen molar-refractivity contribution in [3.8, 4) is 0 Å². The zero-order chi connectivity index (χ0) is 17.6. The lowest BCUT2D eigenvalue weighted by molar-refractivity contribution is 0.0791. The zero-order valence-electron chi connectivity index (χ0n) is 14.6. The first-order chi connectivity index (χ1) is 12.2. The number of rotatable bonds is 6. The Hall–Kier alpha value is -2.47. The Bertz CT molecular complexity index is 713. The summed E-state index contributed by atoms with van der Waals surface area (Å²) in [6.45, 7) is 4.13. The minimum absolute atomic E-state index is 0.0172. The van der Waals surface area contributed by atoms with Crippen LogP contribution in [0.3, 0.4) is 0 Å². The molecule has 0 unspecified atom stereocenters. The molecule has 3 rings (SSSR count).